The number of anilines is 1. The summed E-state index contributed by atoms with van der Waals surface area (Å²) in [6.45, 7) is 2.00. The van der Waals surface area contributed by atoms with E-state index in [9.17, 15) is 9.59 Å². The lowest BCUT2D eigenvalue weighted by molar-refractivity contribution is -0.132. The van der Waals surface area contributed by atoms with Crippen molar-refractivity contribution in [2.24, 2.45) is 0 Å². The zero-order valence-electron chi connectivity index (χ0n) is 11.6. The average Bonchev–Trinajstić information content (AvgIpc) is 2.86. The number of hydrogen-bond acceptors (Lipinski definition) is 6. The van der Waals surface area contributed by atoms with Crippen LogP contribution in [-0.4, -0.2) is 36.4 Å². The van der Waals surface area contributed by atoms with Crippen molar-refractivity contribution in [1.82, 2.24) is 15.6 Å². The number of thiazole rings is 1. The Morgan fingerprint density at radius 3 is 3.00 bits per heavy atom. The van der Waals surface area contributed by atoms with Gasteiger partial charge in [-0.15, -0.1) is 0 Å². The molecule has 0 aromatic carbocycles. The van der Waals surface area contributed by atoms with Gasteiger partial charge in [0.2, 0.25) is 11.8 Å². The van der Waals surface area contributed by atoms with Crippen LogP contribution in [-0.2, 0) is 16.0 Å². The second kappa shape index (κ2) is 5.14. The number of amides is 2. The van der Waals surface area contributed by atoms with Gasteiger partial charge in [0.15, 0.2) is 5.13 Å². The van der Waals surface area contributed by atoms with Gasteiger partial charge in [0.05, 0.1) is 5.69 Å². The molecule has 20 heavy (non-hydrogen) atoms. The Hall–Kier alpha value is -1.47. The van der Waals surface area contributed by atoms with Crippen LogP contribution in [0.3, 0.4) is 0 Å². The molecule has 1 aromatic heterocycles. The Balaban J connectivity index is 1.92. The Labute approximate surface area is 121 Å². The highest BCUT2D eigenvalue weighted by Crippen LogP contribution is 2.38. The zero-order chi connectivity index (χ0) is 14.3. The molecule has 0 radical (unpaired) electrons. The van der Waals surface area contributed by atoms with Gasteiger partial charge in [-0.05, 0) is 33.2 Å². The highest BCUT2D eigenvalue weighted by molar-refractivity contribution is 7.15. The van der Waals surface area contributed by atoms with Gasteiger partial charge in [-0.2, -0.15) is 0 Å². The Kier molecular flexibility index (Phi) is 3.47. The van der Waals surface area contributed by atoms with Crippen molar-refractivity contribution in [1.29, 1.82) is 0 Å². The molecule has 1 aliphatic carbocycles. The number of carbonyl (C=O) groups is 2. The number of fused-ring (bicyclic) bond motifs is 1. The summed E-state index contributed by atoms with van der Waals surface area (Å²) in [7, 11) is 1.96. The fraction of sp³-hybridized carbons (Fsp3) is 0.615. The molecule has 2 heterocycles. The maximum absolute atomic E-state index is 11.7. The molecular weight excluding hydrogens is 276 g/mol. The molecule has 6 nitrogen and oxygen atoms in total. The van der Waals surface area contributed by atoms with Crippen LogP contribution in [0.1, 0.15) is 36.4 Å². The standard InChI is InChI=1S/C13H18N4O2S/c1-7-12(19)16-10(18)6-17(7)13-15-9-5-3-4-8(14-2)11(9)20-13/h7-8,14H,3-6H2,1-2H3,(H,16,18,19). The molecule has 1 saturated heterocycles. The monoisotopic (exact) mass is 294 g/mol. The summed E-state index contributed by atoms with van der Waals surface area (Å²) >= 11 is 1.60. The van der Waals surface area contributed by atoms with Crippen molar-refractivity contribution in [3.8, 4) is 0 Å². The zero-order valence-corrected chi connectivity index (χ0v) is 12.4. The second-order valence-electron chi connectivity index (χ2n) is 5.26. The molecule has 0 bridgehead atoms. The van der Waals surface area contributed by atoms with Crippen molar-refractivity contribution >= 4 is 28.3 Å². The molecule has 7 heteroatoms. The molecule has 1 aliphatic heterocycles. The third-order valence-electron chi connectivity index (χ3n) is 3.96. The maximum Gasteiger partial charge on any atom is 0.249 e. The van der Waals surface area contributed by atoms with Gasteiger partial charge in [-0.3, -0.25) is 14.9 Å². The molecule has 1 fully saturated rings. The smallest absolute Gasteiger partial charge is 0.249 e. The van der Waals surface area contributed by atoms with Gasteiger partial charge in [0, 0.05) is 10.9 Å². The first-order valence-corrected chi connectivity index (χ1v) is 7.69. The lowest BCUT2D eigenvalue weighted by Crippen LogP contribution is -2.57. The molecule has 2 N–H and O–H groups in total. The largest absolute Gasteiger partial charge is 0.327 e. The van der Waals surface area contributed by atoms with Gasteiger partial charge < -0.3 is 10.2 Å². The Morgan fingerprint density at radius 2 is 2.25 bits per heavy atom. The van der Waals surface area contributed by atoms with Crippen molar-refractivity contribution in [2.75, 3.05) is 18.5 Å². The van der Waals surface area contributed by atoms with Crippen molar-refractivity contribution in [3.05, 3.63) is 10.6 Å². The molecular formula is C13H18N4O2S. The van der Waals surface area contributed by atoms with E-state index in [2.05, 4.69) is 15.6 Å². The van der Waals surface area contributed by atoms with E-state index < -0.39 is 0 Å². The summed E-state index contributed by atoms with van der Waals surface area (Å²) in [6.07, 6.45) is 3.21. The molecule has 2 amide bonds. The summed E-state index contributed by atoms with van der Waals surface area (Å²) < 4.78 is 0. The van der Waals surface area contributed by atoms with Crippen LogP contribution < -0.4 is 15.5 Å². The SMILES string of the molecule is CNC1CCCc2nc(N3CC(=O)NC(=O)C3C)sc21. The first kappa shape index (κ1) is 13.5. The third kappa shape index (κ3) is 2.20. The topological polar surface area (TPSA) is 74.3 Å². The molecule has 108 valence electrons. The molecule has 3 rings (SSSR count). The lowest BCUT2D eigenvalue weighted by atomic mass is 9.98. The number of hydrogen-bond donors (Lipinski definition) is 2. The maximum atomic E-state index is 11.7. The van der Waals surface area contributed by atoms with Gasteiger partial charge in [0.1, 0.15) is 12.6 Å². The van der Waals surface area contributed by atoms with Crippen molar-refractivity contribution in [2.45, 2.75) is 38.3 Å². The normalized spacial score (nSPS) is 26.4. The minimum atomic E-state index is -0.353. The summed E-state index contributed by atoms with van der Waals surface area (Å²) in [5.41, 5.74) is 1.11. The molecule has 2 aliphatic rings. The number of rotatable bonds is 2. The van der Waals surface area contributed by atoms with Crippen LogP contribution >= 0.6 is 11.3 Å². The molecule has 2 atom stereocenters. The van der Waals surface area contributed by atoms with Gasteiger partial charge in [0.25, 0.3) is 0 Å². The molecule has 2 unspecified atom stereocenters. The number of aryl methyl sites for hydroxylation is 1. The number of carbonyl (C=O) groups excluding carboxylic acids is 2. The quantitative estimate of drug-likeness (QED) is 0.781. The highest BCUT2D eigenvalue weighted by atomic mass is 32.1. The number of nitrogens with one attached hydrogen (secondary N) is 2. The van der Waals surface area contributed by atoms with Crippen molar-refractivity contribution in [3.63, 3.8) is 0 Å². The third-order valence-corrected chi connectivity index (χ3v) is 5.21. The second-order valence-corrected chi connectivity index (χ2v) is 6.27. The number of piperazine rings is 1. The van der Waals surface area contributed by atoms with Crippen molar-refractivity contribution < 1.29 is 9.59 Å². The molecule has 0 saturated carbocycles. The van der Waals surface area contributed by atoms with Gasteiger partial charge in [-0.25, -0.2) is 4.98 Å². The number of nitrogens with zero attached hydrogens (tertiary/aromatic N) is 2. The lowest BCUT2D eigenvalue weighted by Gasteiger charge is -2.31. The van der Waals surface area contributed by atoms with E-state index in [1.165, 1.54) is 4.88 Å². The van der Waals surface area contributed by atoms with E-state index in [-0.39, 0.29) is 24.4 Å². The van der Waals surface area contributed by atoms with E-state index >= 15 is 0 Å². The van der Waals surface area contributed by atoms with Crippen LogP contribution in [0.15, 0.2) is 0 Å². The van der Waals surface area contributed by atoms with Gasteiger partial charge >= 0.3 is 0 Å². The highest BCUT2D eigenvalue weighted by Gasteiger charge is 2.34. The first-order chi connectivity index (χ1) is 9.60. The predicted molar refractivity (Wildman–Crippen MR) is 76.8 cm³/mol. The van der Waals surface area contributed by atoms with Crippen LogP contribution in [0.4, 0.5) is 5.13 Å². The summed E-state index contributed by atoms with van der Waals surface area (Å²) in [5, 5.41) is 6.45. The predicted octanol–water partition coefficient (Wildman–Crippen LogP) is 0.591. The fourth-order valence-corrected chi connectivity index (χ4v) is 4.09. The van der Waals surface area contributed by atoms with Crippen LogP contribution in [0.25, 0.3) is 0 Å². The Bertz CT molecular complexity index is 557. The Morgan fingerprint density at radius 1 is 1.45 bits per heavy atom. The van der Waals surface area contributed by atoms with E-state index in [1.807, 2.05) is 7.05 Å². The average molecular weight is 294 g/mol. The van der Waals surface area contributed by atoms with Crippen LogP contribution in [0, 0.1) is 0 Å². The number of aromatic nitrogens is 1. The van der Waals surface area contributed by atoms with Gasteiger partial charge in [-0.1, -0.05) is 11.3 Å². The summed E-state index contributed by atoms with van der Waals surface area (Å²) in [5.74, 6) is -0.508. The first-order valence-electron chi connectivity index (χ1n) is 6.87. The minimum absolute atomic E-state index is 0.198. The van der Waals surface area contributed by atoms with E-state index in [0.717, 1.165) is 30.1 Å². The number of imide groups is 1. The summed E-state index contributed by atoms with van der Waals surface area (Å²) in [6, 6.07) is -0.0111. The molecule has 0 spiro atoms. The minimum Gasteiger partial charge on any atom is -0.327 e. The van der Waals surface area contributed by atoms with E-state index in [1.54, 1.807) is 23.2 Å². The fourth-order valence-electron chi connectivity index (χ4n) is 2.75. The van der Waals surface area contributed by atoms with Crippen LogP contribution in [0.2, 0.25) is 0 Å². The summed E-state index contributed by atoms with van der Waals surface area (Å²) in [4.78, 5) is 31.0. The molecule has 1 aromatic rings. The van der Waals surface area contributed by atoms with E-state index in [0.29, 0.717) is 6.04 Å². The van der Waals surface area contributed by atoms with E-state index in [4.69, 9.17) is 0 Å². The van der Waals surface area contributed by atoms with Crippen LogP contribution in [0.5, 0.6) is 0 Å².